The molecule has 1 aromatic carbocycles. The first-order valence-electron chi connectivity index (χ1n) is 12.3. The second-order valence-corrected chi connectivity index (χ2v) is 9.72. The van der Waals surface area contributed by atoms with E-state index in [-0.39, 0.29) is 30.2 Å². The Hall–Kier alpha value is -4.65. The third-order valence-corrected chi connectivity index (χ3v) is 6.44. The van der Waals surface area contributed by atoms with Crippen LogP contribution in [0.5, 0.6) is 0 Å². The highest BCUT2D eigenvalue weighted by Gasteiger charge is 2.28. The molecule has 3 aromatic heterocycles. The molecule has 4 heterocycles. The molecule has 1 saturated carbocycles. The number of aromatic nitrogens is 6. The number of hydrogen-bond donors (Lipinski definition) is 3. The summed E-state index contributed by atoms with van der Waals surface area (Å²) in [6.07, 6.45) is 6.78. The van der Waals surface area contributed by atoms with Crippen LogP contribution in [0.3, 0.4) is 0 Å². The van der Waals surface area contributed by atoms with Crippen molar-refractivity contribution in [3.63, 3.8) is 0 Å². The number of hydrogen-bond acceptors (Lipinski definition) is 9. The van der Waals surface area contributed by atoms with Crippen molar-refractivity contribution in [1.82, 2.24) is 39.8 Å². The Morgan fingerprint density at radius 1 is 1.21 bits per heavy atom. The lowest BCUT2D eigenvalue weighted by atomic mass is 10.1. The van der Waals surface area contributed by atoms with Gasteiger partial charge < -0.3 is 15.2 Å². The second kappa shape index (κ2) is 9.34. The number of nitrogens with one attached hydrogen (secondary N) is 3. The molecule has 6 rings (SSSR count). The number of amides is 3. The van der Waals surface area contributed by atoms with Gasteiger partial charge in [0.1, 0.15) is 0 Å². The van der Waals surface area contributed by atoms with E-state index >= 15 is 0 Å². The highest BCUT2D eigenvalue weighted by atomic mass is 16.2. The van der Waals surface area contributed by atoms with Crippen LogP contribution in [-0.4, -0.2) is 85.4 Å². The lowest BCUT2D eigenvalue weighted by molar-refractivity contribution is -0.124. The molecule has 194 valence electrons. The molecule has 0 atom stereocenters. The van der Waals surface area contributed by atoms with Gasteiger partial charge in [0, 0.05) is 35.8 Å². The summed E-state index contributed by atoms with van der Waals surface area (Å²) in [6.45, 7) is 0.920. The summed E-state index contributed by atoms with van der Waals surface area (Å²) in [4.78, 5) is 58.0. The Labute approximate surface area is 216 Å². The minimum absolute atomic E-state index is 0.00911. The van der Waals surface area contributed by atoms with Crippen LogP contribution in [0.2, 0.25) is 0 Å². The molecule has 0 radical (unpaired) electrons. The zero-order chi connectivity index (χ0) is 26.4. The van der Waals surface area contributed by atoms with Gasteiger partial charge in [0.2, 0.25) is 17.8 Å². The largest absolute Gasteiger partial charge is 0.351 e. The monoisotopic (exact) mass is 514 g/mol. The highest BCUT2D eigenvalue weighted by molar-refractivity contribution is 6.15. The Bertz CT molecular complexity index is 1610. The summed E-state index contributed by atoms with van der Waals surface area (Å²) in [5.74, 6) is -0.374. The number of carbonyl (C=O) groups excluding carboxylic acids is 3. The average Bonchev–Trinajstić information content (AvgIpc) is 3.27. The van der Waals surface area contributed by atoms with Gasteiger partial charge >= 0.3 is 0 Å². The van der Waals surface area contributed by atoms with Gasteiger partial charge in [0.15, 0.2) is 5.65 Å². The molecule has 2 aliphatic rings. The molecule has 4 aromatic rings. The molecule has 13 nitrogen and oxygen atoms in total. The minimum Gasteiger partial charge on any atom is -0.351 e. The van der Waals surface area contributed by atoms with E-state index in [0.717, 1.165) is 23.9 Å². The number of aromatic amines is 1. The predicted molar refractivity (Wildman–Crippen MR) is 139 cm³/mol. The maximum absolute atomic E-state index is 13.8. The third kappa shape index (κ3) is 4.59. The zero-order valence-electron chi connectivity index (χ0n) is 20.9. The van der Waals surface area contributed by atoms with Crippen molar-refractivity contribution in [3.8, 4) is 0 Å². The van der Waals surface area contributed by atoms with Crippen LogP contribution in [0.1, 0.15) is 35.2 Å². The van der Waals surface area contributed by atoms with Gasteiger partial charge in [0.25, 0.3) is 11.8 Å². The third-order valence-electron chi connectivity index (χ3n) is 6.44. The van der Waals surface area contributed by atoms with Gasteiger partial charge in [-0.25, -0.2) is 4.98 Å². The number of likely N-dealkylation sites (N-methyl/N-ethyl adjacent to an activating group) is 1. The van der Waals surface area contributed by atoms with E-state index in [1.807, 2.05) is 19.0 Å². The first kappa shape index (κ1) is 23.7. The molecule has 2 fully saturated rings. The van der Waals surface area contributed by atoms with Crippen LogP contribution >= 0.6 is 0 Å². The molecule has 3 N–H and O–H groups in total. The summed E-state index contributed by atoms with van der Waals surface area (Å²) in [6, 6.07) is 5.56. The van der Waals surface area contributed by atoms with Gasteiger partial charge in [0.05, 0.1) is 30.0 Å². The van der Waals surface area contributed by atoms with E-state index in [0.29, 0.717) is 41.4 Å². The number of carbonyl (C=O) groups is 3. The fourth-order valence-electron chi connectivity index (χ4n) is 4.24. The van der Waals surface area contributed by atoms with Gasteiger partial charge in [-0.05, 0) is 51.2 Å². The van der Waals surface area contributed by atoms with Gasteiger partial charge in [-0.3, -0.25) is 24.6 Å². The van der Waals surface area contributed by atoms with Crippen LogP contribution < -0.4 is 15.5 Å². The number of fused-ring (bicyclic) bond motifs is 2. The number of H-pyrrole nitrogens is 1. The quantitative estimate of drug-likeness (QED) is 0.233. The molecule has 1 aliphatic carbocycles. The minimum atomic E-state index is -0.433. The zero-order valence-corrected chi connectivity index (χ0v) is 20.9. The Kier molecular flexibility index (Phi) is 5.83. The lowest BCUT2D eigenvalue weighted by Crippen LogP contribution is -2.38. The van der Waals surface area contributed by atoms with E-state index in [1.165, 1.54) is 0 Å². The first-order valence-corrected chi connectivity index (χ1v) is 12.3. The lowest BCUT2D eigenvalue weighted by Gasteiger charge is -2.23. The maximum atomic E-state index is 13.8. The average molecular weight is 515 g/mol. The standard InChI is InChI=1S/C25H26N10O3/c1-33(2)7-8-34(23(38)14-3-6-18-19(10-14)27-13-26-18)24-31-21-16(9-15-11-20(36)30-22(15)37)12-28-35(21)25(32-24)29-17-4-5-17/h3,6,9-10,12-13,17H,4-5,7-8,11H2,1-2H3,(H,26,27)(H,29,31,32)(H,30,36,37). The topological polar surface area (TPSA) is 154 Å². The molecule has 38 heavy (non-hydrogen) atoms. The van der Waals surface area contributed by atoms with Crippen molar-refractivity contribution in [2.45, 2.75) is 25.3 Å². The van der Waals surface area contributed by atoms with Crippen molar-refractivity contribution in [1.29, 1.82) is 0 Å². The number of anilines is 2. The number of benzene rings is 1. The van der Waals surface area contributed by atoms with E-state index in [1.54, 1.807) is 46.2 Å². The second-order valence-electron chi connectivity index (χ2n) is 9.72. The fraction of sp³-hybridized carbons (Fsp3) is 0.320. The molecule has 0 unspecified atom stereocenters. The first-order chi connectivity index (χ1) is 18.4. The summed E-state index contributed by atoms with van der Waals surface area (Å²) >= 11 is 0. The normalized spacial score (nSPS) is 16.7. The smallest absolute Gasteiger partial charge is 0.260 e. The molecule has 1 aliphatic heterocycles. The summed E-state index contributed by atoms with van der Waals surface area (Å²) in [7, 11) is 3.86. The summed E-state index contributed by atoms with van der Waals surface area (Å²) in [5, 5.41) is 10.1. The Morgan fingerprint density at radius 3 is 2.79 bits per heavy atom. The van der Waals surface area contributed by atoms with Crippen molar-refractivity contribution in [3.05, 3.63) is 47.4 Å². The Morgan fingerprint density at radius 2 is 2.05 bits per heavy atom. The van der Waals surface area contributed by atoms with Gasteiger partial charge in [-0.2, -0.15) is 19.6 Å². The predicted octanol–water partition coefficient (Wildman–Crippen LogP) is 1.21. The van der Waals surface area contributed by atoms with Crippen LogP contribution in [0.15, 0.2) is 36.3 Å². The maximum Gasteiger partial charge on any atom is 0.260 e. The van der Waals surface area contributed by atoms with Gasteiger partial charge in [-0.1, -0.05) is 0 Å². The molecule has 0 bridgehead atoms. The van der Waals surface area contributed by atoms with Crippen molar-refractivity contribution in [2.24, 2.45) is 0 Å². The summed E-state index contributed by atoms with van der Waals surface area (Å²) < 4.78 is 1.56. The highest BCUT2D eigenvalue weighted by Crippen LogP contribution is 2.27. The molecule has 13 heteroatoms. The molecule has 3 amide bonds. The van der Waals surface area contributed by atoms with Crippen LogP contribution in [0.25, 0.3) is 22.8 Å². The van der Waals surface area contributed by atoms with Crippen LogP contribution in [0, 0.1) is 0 Å². The van der Waals surface area contributed by atoms with E-state index in [9.17, 15) is 14.4 Å². The number of imide groups is 1. The van der Waals surface area contributed by atoms with Crippen LogP contribution in [0.4, 0.5) is 11.9 Å². The fourth-order valence-corrected chi connectivity index (χ4v) is 4.24. The summed E-state index contributed by atoms with van der Waals surface area (Å²) in [5.41, 5.74) is 3.29. The van der Waals surface area contributed by atoms with E-state index in [2.05, 4.69) is 25.7 Å². The van der Waals surface area contributed by atoms with Crippen molar-refractivity contribution >= 4 is 52.4 Å². The van der Waals surface area contributed by atoms with E-state index < -0.39 is 5.91 Å². The molecular formula is C25H26N10O3. The molecule has 0 spiro atoms. The van der Waals surface area contributed by atoms with Crippen molar-refractivity contribution in [2.75, 3.05) is 37.4 Å². The SMILES string of the molecule is CN(C)CCN(C(=O)c1ccc2nc[nH]c2c1)c1nc(NC2CC2)n2ncc(C=C3CC(=O)NC3=O)c2n1. The van der Waals surface area contributed by atoms with Gasteiger partial charge in [-0.15, -0.1) is 0 Å². The Balaban J connectivity index is 1.45. The van der Waals surface area contributed by atoms with Crippen LogP contribution in [-0.2, 0) is 9.59 Å². The number of rotatable bonds is 8. The number of imidazole rings is 1. The van der Waals surface area contributed by atoms with E-state index in [4.69, 9.17) is 9.97 Å². The van der Waals surface area contributed by atoms with Crippen molar-refractivity contribution < 1.29 is 14.4 Å². The number of nitrogens with zero attached hydrogens (tertiary/aromatic N) is 7. The molecular weight excluding hydrogens is 488 g/mol. The molecule has 1 saturated heterocycles.